The smallest absolute Gasteiger partial charge is 0.274 e. The Labute approximate surface area is 207 Å². The van der Waals surface area contributed by atoms with Gasteiger partial charge in [-0.1, -0.05) is 35.6 Å². The largest absolute Gasteiger partial charge is 0.493 e. The summed E-state index contributed by atoms with van der Waals surface area (Å²) in [6, 6.07) is 19.5. The highest BCUT2D eigenvalue weighted by atomic mass is 32.1. The minimum Gasteiger partial charge on any atom is -0.493 e. The lowest BCUT2D eigenvalue weighted by atomic mass is 10.1. The van der Waals surface area contributed by atoms with Crippen LogP contribution in [0.15, 0.2) is 65.5 Å². The van der Waals surface area contributed by atoms with E-state index in [0.29, 0.717) is 34.2 Å². The number of ether oxygens (including phenoxy) is 3. The number of hydrogen-bond acceptors (Lipinski definition) is 6. The Morgan fingerprint density at radius 2 is 1.71 bits per heavy atom. The number of aryl methyl sites for hydroxylation is 2. The lowest BCUT2D eigenvalue weighted by Crippen LogP contribution is -2.22. The number of aromatic nitrogens is 2. The predicted octanol–water partition coefficient (Wildman–Crippen LogP) is 4.93. The van der Waals surface area contributed by atoms with Crippen LogP contribution < -0.4 is 24.3 Å². The number of thiazole rings is 1. The minimum atomic E-state index is -0.0678. The maximum absolute atomic E-state index is 13.0. The molecule has 2 heterocycles. The molecular weight excluding hydrogens is 460 g/mol. The summed E-state index contributed by atoms with van der Waals surface area (Å²) in [5.41, 5.74) is 4.81. The maximum Gasteiger partial charge on any atom is 0.274 e. The zero-order chi connectivity index (χ0) is 24.4. The van der Waals surface area contributed by atoms with Gasteiger partial charge in [-0.3, -0.25) is 4.79 Å². The molecule has 0 unspecified atom stereocenters. The van der Waals surface area contributed by atoms with Gasteiger partial charge in [-0.25, -0.2) is 9.38 Å². The highest BCUT2D eigenvalue weighted by molar-refractivity contribution is 7.15. The van der Waals surface area contributed by atoms with E-state index in [2.05, 4.69) is 24.9 Å². The monoisotopic (exact) mass is 486 g/mol. The molecule has 6 nitrogen and oxygen atoms in total. The van der Waals surface area contributed by atoms with Gasteiger partial charge in [0.05, 0.1) is 35.9 Å². The third-order valence-electron chi connectivity index (χ3n) is 5.64. The van der Waals surface area contributed by atoms with E-state index in [4.69, 9.17) is 14.2 Å². The van der Waals surface area contributed by atoms with Gasteiger partial charge < -0.3 is 14.2 Å². The summed E-state index contributed by atoms with van der Waals surface area (Å²) in [5, 5.41) is 0. The van der Waals surface area contributed by atoms with Gasteiger partial charge in [0.25, 0.3) is 5.56 Å². The van der Waals surface area contributed by atoms with Crippen LogP contribution in [0, 0.1) is 13.8 Å². The van der Waals surface area contributed by atoms with Crippen molar-refractivity contribution in [3.63, 3.8) is 0 Å². The number of rotatable bonds is 8. The van der Waals surface area contributed by atoms with Gasteiger partial charge in [0.15, 0.2) is 16.5 Å². The summed E-state index contributed by atoms with van der Waals surface area (Å²) in [6.45, 7) is 5.20. The second kappa shape index (κ2) is 9.80. The van der Waals surface area contributed by atoms with Gasteiger partial charge >= 0.3 is 0 Å². The first-order chi connectivity index (χ1) is 17.0. The lowest BCUT2D eigenvalue weighted by Gasteiger charge is -2.12. The molecule has 0 aliphatic rings. The molecule has 0 spiro atoms. The van der Waals surface area contributed by atoms with Crippen LogP contribution >= 0.6 is 11.3 Å². The Kier molecular flexibility index (Phi) is 6.42. The summed E-state index contributed by atoms with van der Waals surface area (Å²) in [5.74, 6) is 2.16. The van der Waals surface area contributed by atoms with Crippen molar-refractivity contribution in [3.8, 4) is 17.2 Å². The Hall–Kier alpha value is -3.84. The van der Waals surface area contributed by atoms with Crippen molar-refractivity contribution < 1.29 is 14.2 Å². The van der Waals surface area contributed by atoms with E-state index >= 15 is 0 Å². The van der Waals surface area contributed by atoms with Crippen LogP contribution in [0.1, 0.15) is 23.1 Å². The van der Waals surface area contributed by atoms with Crippen molar-refractivity contribution >= 4 is 33.4 Å². The molecule has 0 amide bonds. The number of nitrogens with zero attached hydrogens (tertiary/aromatic N) is 2. The van der Waals surface area contributed by atoms with Gasteiger partial charge in [0.2, 0.25) is 0 Å². The van der Waals surface area contributed by atoms with E-state index in [1.165, 1.54) is 22.5 Å². The average molecular weight is 487 g/mol. The van der Waals surface area contributed by atoms with Crippen LogP contribution in [0.3, 0.4) is 0 Å². The number of fused-ring (bicyclic) bond motifs is 3. The number of methoxy groups -OCH3 is 1. The molecule has 178 valence electrons. The molecule has 0 atom stereocenters. The van der Waals surface area contributed by atoms with Crippen LogP contribution in [-0.2, 0) is 0 Å². The van der Waals surface area contributed by atoms with Crippen molar-refractivity contribution in [3.05, 3.63) is 92.2 Å². The quantitative estimate of drug-likeness (QED) is 0.291. The molecule has 35 heavy (non-hydrogen) atoms. The molecule has 5 rings (SSSR count). The molecule has 5 aromatic rings. The zero-order valence-corrected chi connectivity index (χ0v) is 20.7. The number of benzene rings is 3. The number of hydrogen-bond donors (Lipinski definition) is 0. The summed E-state index contributed by atoms with van der Waals surface area (Å²) >= 11 is 1.38. The predicted molar refractivity (Wildman–Crippen MR) is 140 cm³/mol. The van der Waals surface area contributed by atoms with Crippen LogP contribution in [0.25, 0.3) is 22.1 Å². The van der Waals surface area contributed by atoms with E-state index in [-0.39, 0.29) is 5.56 Å². The highest BCUT2D eigenvalue weighted by Crippen LogP contribution is 2.28. The van der Waals surface area contributed by atoms with Gasteiger partial charge in [0.1, 0.15) is 5.75 Å². The highest BCUT2D eigenvalue weighted by Gasteiger charge is 2.11. The summed E-state index contributed by atoms with van der Waals surface area (Å²) in [6.07, 6.45) is 2.60. The van der Waals surface area contributed by atoms with Gasteiger partial charge in [-0.2, -0.15) is 0 Å². The molecule has 0 radical (unpaired) electrons. The second-order valence-electron chi connectivity index (χ2n) is 8.42. The fourth-order valence-corrected chi connectivity index (χ4v) is 5.09. The number of imidazole rings is 1. The maximum atomic E-state index is 13.0. The molecule has 2 aromatic heterocycles. The normalized spacial score (nSPS) is 11.9. The molecule has 0 aliphatic carbocycles. The molecule has 0 saturated heterocycles. The van der Waals surface area contributed by atoms with E-state index < -0.39 is 0 Å². The average Bonchev–Trinajstić information content (AvgIpc) is 3.34. The van der Waals surface area contributed by atoms with Gasteiger partial charge in [-0.05, 0) is 73.0 Å². The van der Waals surface area contributed by atoms with Crippen molar-refractivity contribution in [2.45, 2.75) is 20.3 Å². The SMILES string of the molecule is COc1cc(/C=c2\sc3nc4ccccc4n3c2=O)ccc1OCCCOc1cc(C)cc(C)c1. The summed E-state index contributed by atoms with van der Waals surface area (Å²) in [4.78, 5) is 18.3. The molecule has 0 N–H and O–H groups in total. The molecule has 0 fully saturated rings. The van der Waals surface area contributed by atoms with Crippen molar-refractivity contribution in [1.82, 2.24) is 9.38 Å². The van der Waals surface area contributed by atoms with Gasteiger partial charge in [-0.15, -0.1) is 0 Å². The van der Waals surface area contributed by atoms with E-state index in [1.54, 1.807) is 11.5 Å². The Morgan fingerprint density at radius 3 is 2.51 bits per heavy atom. The third-order valence-corrected chi connectivity index (χ3v) is 6.61. The molecule has 0 bridgehead atoms. The molecule has 3 aromatic carbocycles. The molecular formula is C28H26N2O4S. The second-order valence-corrected chi connectivity index (χ2v) is 9.43. The standard InChI is InChI=1S/C28H26N2O4S/c1-18-13-19(2)15-21(14-18)33-11-6-12-34-24-10-9-20(16-25(24)32-3)17-26-27(31)30-23-8-5-4-7-22(23)29-28(30)35-26/h4-5,7-10,13-17H,6,11-12H2,1-3H3/b26-17-. The fraction of sp³-hybridized carbons (Fsp3) is 0.214. The van der Waals surface area contributed by atoms with Crippen LogP contribution in [0.4, 0.5) is 0 Å². The topological polar surface area (TPSA) is 62.1 Å². The van der Waals surface area contributed by atoms with Crippen LogP contribution in [0.5, 0.6) is 17.2 Å². The lowest BCUT2D eigenvalue weighted by molar-refractivity contribution is 0.240. The fourth-order valence-electron chi connectivity index (χ4n) is 4.10. The summed E-state index contributed by atoms with van der Waals surface area (Å²) < 4.78 is 19.6. The minimum absolute atomic E-state index is 0.0678. The summed E-state index contributed by atoms with van der Waals surface area (Å²) in [7, 11) is 1.61. The molecule has 7 heteroatoms. The number of para-hydroxylation sites is 2. The Balaban J connectivity index is 1.27. The van der Waals surface area contributed by atoms with Crippen LogP contribution in [-0.4, -0.2) is 29.7 Å². The third kappa shape index (κ3) is 4.86. The zero-order valence-electron chi connectivity index (χ0n) is 19.9. The first-order valence-electron chi connectivity index (χ1n) is 11.5. The van der Waals surface area contributed by atoms with E-state index in [0.717, 1.165) is 28.8 Å². The first-order valence-corrected chi connectivity index (χ1v) is 12.3. The van der Waals surface area contributed by atoms with Gasteiger partial charge in [0, 0.05) is 6.42 Å². The van der Waals surface area contributed by atoms with Crippen molar-refractivity contribution in [2.75, 3.05) is 20.3 Å². The Morgan fingerprint density at radius 1 is 0.943 bits per heavy atom. The molecule has 0 saturated carbocycles. The van der Waals surface area contributed by atoms with Crippen LogP contribution in [0.2, 0.25) is 0 Å². The first kappa shape index (κ1) is 22.9. The van der Waals surface area contributed by atoms with Crippen molar-refractivity contribution in [2.24, 2.45) is 0 Å². The van der Waals surface area contributed by atoms with Crippen molar-refractivity contribution in [1.29, 1.82) is 0 Å². The van der Waals surface area contributed by atoms with E-state index in [9.17, 15) is 4.79 Å². The molecule has 0 aliphatic heterocycles. The van der Waals surface area contributed by atoms with E-state index in [1.807, 2.05) is 60.7 Å². The Bertz CT molecular complexity index is 1600.